The molecule has 2 heteroatoms. The lowest BCUT2D eigenvalue weighted by Crippen LogP contribution is -2.22. The van der Waals surface area contributed by atoms with E-state index in [-0.39, 0.29) is 0 Å². The van der Waals surface area contributed by atoms with Crippen molar-refractivity contribution in [2.75, 3.05) is 0 Å². The zero-order valence-corrected chi connectivity index (χ0v) is 4.79. The van der Waals surface area contributed by atoms with Gasteiger partial charge >= 0.3 is 0 Å². The average molecular weight is 104 g/mol. The second-order valence-corrected chi connectivity index (χ2v) is 2.03. The largest absolute Gasteiger partial charge is 0.296 e. The number of hydrogen-bond donors (Lipinski definition) is 0. The van der Waals surface area contributed by atoms with Gasteiger partial charge in [0.05, 0.1) is 0 Å². The van der Waals surface area contributed by atoms with Crippen LogP contribution in [0, 0.1) is 0 Å². The monoisotopic (exact) mass is 104 g/mol. The summed E-state index contributed by atoms with van der Waals surface area (Å²) in [4.78, 5) is 10.1. The molecule has 0 amide bonds. The predicted molar refractivity (Wildman–Crippen MR) is 25.9 cm³/mol. The van der Waals surface area contributed by atoms with Crippen LogP contribution < -0.4 is 0 Å². The number of carbonyl (C=O) groups excluding carboxylic acids is 1. The summed E-state index contributed by atoms with van der Waals surface area (Å²) >= 11 is 0. The number of hydrogen-bond acceptors (Lipinski definition) is 1. The molecule has 0 aromatic heterocycles. The number of ketones is 1. The van der Waals surface area contributed by atoms with Crippen molar-refractivity contribution in [2.24, 2.45) is 0 Å². The minimum Gasteiger partial charge on any atom is -0.296 e. The SMILES string of the molecule is CC(=O)C(C)(C)F. The molecule has 0 aromatic rings. The Hall–Kier alpha value is -0.400. The molecule has 7 heavy (non-hydrogen) atoms. The summed E-state index contributed by atoms with van der Waals surface area (Å²) in [5.74, 6) is -0.424. The Morgan fingerprint density at radius 1 is 1.57 bits per heavy atom. The third kappa shape index (κ3) is 2.31. The van der Waals surface area contributed by atoms with Crippen molar-refractivity contribution in [1.82, 2.24) is 0 Å². The Bertz CT molecular complexity index is 80.6. The second kappa shape index (κ2) is 1.60. The number of halogens is 1. The molecule has 1 nitrogen and oxygen atoms in total. The van der Waals surface area contributed by atoms with E-state index in [2.05, 4.69) is 0 Å². The summed E-state index contributed by atoms with van der Waals surface area (Å²) in [5.41, 5.74) is -1.64. The first-order valence-corrected chi connectivity index (χ1v) is 2.14. The molecule has 0 N–H and O–H groups in total. The Morgan fingerprint density at radius 3 is 1.71 bits per heavy atom. The maximum atomic E-state index is 12.2. The van der Waals surface area contributed by atoms with Crippen molar-refractivity contribution in [3.63, 3.8) is 0 Å². The van der Waals surface area contributed by atoms with Gasteiger partial charge in [0.1, 0.15) is 0 Å². The lowest BCUT2D eigenvalue weighted by Gasteiger charge is -2.06. The van der Waals surface area contributed by atoms with Gasteiger partial charge in [0.15, 0.2) is 11.5 Å². The van der Waals surface area contributed by atoms with Gasteiger partial charge in [-0.3, -0.25) is 4.79 Å². The van der Waals surface area contributed by atoms with Gasteiger partial charge in [0.25, 0.3) is 0 Å². The van der Waals surface area contributed by atoms with Crippen molar-refractivity contribution in [3.8, 4) is 0 Å². The average Bonchev–Trinajstić information content (AvgIpc) is 1.31. The van der Waals surface area contributed by atoms with E-state index in [4.69, 9.17) is 0 Å². The minimum atomic E-state index is -1.64. The number of carbonyl (C=O) groups is 1. The van der Waals surface area contributed by atoms with E-state index in [0.717, 1.165) is 0 Å². The third-order valence-electron chi connectivity index (χ3n) is 0.837. The van der Waals surface area contributed by atoms with Gasteiger partial charge in [0.2, 0.25) is 0 Å². The summed E-state index contributed by atoms with van der Waals surface area (Å²) in [5, 5.41) is 0. The fourth-order valence-corrected chi connectivity index (χ4v) is 0. The molecule has 42 valence electrons. The molecular weight excluding hydrogens is 95.1 g/mol. The standard InChI is InChI=1S/C5H9FO/c1-4(7)5(2,3)6/h1-3H3. The van der Waals surface area contributed by atoms with Gasteiger partial charge in [-0.15, -0.1) is 0 Å². The predicted octanol–water partition coefficient (Wildman–Crippen LogP) is 1.32. The zero-order chi connectivity index (χ0) is 6.08. The maximum Gasteiger partial charge on any atom is 0.166 e. The number of alkyl halides is 1. The number of Topliss-reactive ketones (excluding diaryl/α,β-unsaturated/α-hetero) is 1. The van der Waals surface area contributed by atoms with E-state index in [1.807, 2.05) is 0 Å². The van der Waals surface area contributed by atoms with Gasteiger partial charge in [0, 0.05) is 0 Å². The van der Waals surface area contributed by atoms with Crippen LogP contribution in [0.5, 0.6) is 0 Å². The molecule has 0 aliphatic heterocycles. The van der Waals surface area contributed by atoms with E-state index in [1.165, 1.54) is 20.8 Å². The first-order valence-electron chi connectivity index (χ1n) is 2.14. The lowest BCUT2D eigenvalue weighted by atomic mass is 10.1. The molecule has 0 aliphatic rings. The molecular formula is C5H9FO. The molecule has 0 heterocycles. The van der Waals surface area contributed by atoms with Crippen LogP contribution in [0.25, 0.3) is 0 Å². The van der Waals surface area contributed by atoms with Crippen LogP contribution in [0.15, 0.2) is 0 Å². The van der Waals surface area contributed by atoms with Crippen molar-refractivity contribution in [1.29, 1.82) is 0 Å². The molecule has 0 saturated heterocycles. The molecule has 0 aromatic carbocycles. The highest BCUT2D eigenvalue weighted by Crippen LogP contribution is 2.07. The first kappa shape index (κ1) is 6.60. The van der Waals surface area contributed by atoms with Gasteiger partial charge < -0.3 is 0 Å². The molecule has 0 atom stereocenters. The van der Waals surface area contributed by atoms with E-state index < -0.39 is 11.5 Å². The molecule has 0 saturated carbocycles. The Morgan fingerprint density at radius 2 is 1.71 bits per heavy atom. The van der Waals surface area contributed by atoms with Crippen LogP contribution in [-0.4, -0.2) is 11.5 Å². The van der Waals surface area contributed by atoms with Gasteiger partial charge in [-0.2, -0.15) is 0 Å². The highest BCUT2D eigenvalue weighted by atomic mass is 19.1. The molecule has 0 radical (unpaired) electrons. The third-order valence-corrected chi connectivity index (χ3v) is 0.837. The minimum absolute atomic E-state index is 0.424. The van der Waals surface area contributed by atoms with Crippen molar-refractivity contribution in [2.45, 2.75) is 26.4 Å². The van der Waals surface area contributed by atoms with Crippen LogP contribution in [0.1, 0.15) is 20.8 Å². The van der Waals surface area contributed by atoms with Crippen LogP contribution in [0.2, 0.25) is 0 Å². The molecule has 0 rings (SSSR count). The van der Waals surface area contributed by atoms with E-state index in [0.29, 0.717) is 0 Å². The van der Waals surface area contributed by atoms with Crippen molar-refractivity contribution >= 4 is 5.78 Å². The second-order valence-electron chi connectivity index (χ2n) is 2.03. The first-order chi connectivity index (χ1) is 2.94. The van der Waals surface area contributed by atoms with Crippen molar-refractivity contribution < 1.29 is 9.18 Å². The van der Waals surface area contributed by atoms with Crippen molar-refractivity contribution in [3.05, 3.63) is 0 Å². The molecule has 0 aliphatic carbocycles. The van der Waals surface area contributed by atoms with Crippen LogP contribution in [-0.2, 0) is 4.79 Å². The quantitative estimate of drug-likeness (QED) is 0.490. The van der Waals surface area contributed by atoms with E-state index in [9.17, 15) is 9.18 Å². The Labute approximate surface area is 42.5 Å². The Kier molecular flexibility index (Phi) is 1.51. The summed E-state index contributed by atoms with van der Waals surface area (Å²) in [6.07, 6.45) is 0. The topological polar surface area (TPSA) is 17.1 Å². The summed E-state index contributed by atoms with van der Waals surface area (Å²) < 4.78 is 12.2. The summed E-state index contributed by atoms with van der Waals surface area (Å²) in [7, 11) is 0. The Balaban J connectivity index is 3.79. The smallest absolute Gasteiger partial charge is 0.166 e. The molecule has 0 spiro atoms. The van der Waals surface area contributed by atoms with Gasteiger partial charge in [-0.05, 0) is 20.8 Å². The number of rotatable bonds is 1. The summed E-state index contributed by atoms with van der Waals surface area (Å²) in [6.45, 7) is 3.73. The van der Waals surface area contributed by atoms with Crippen LogP contribution >= 0.6 is 0 Å². The maximum absolute atomic E-state index is 12.2. The normalized spacial score (nSPS) is 11.4. The fourth-order valence-electron chi connectivity index (χ4n) is 0. The molecule has 0 bridgehead atoms. The highest BCUT2D eigenvalue weighted by molar-refractivity contribution is 5.83. The fraction of sp³-hybridized carbons (Fsp3) is 0.800. The van der Waals surface area contributed by atoms with Gasteiger partial charge in [-0.25, -0.2) is 4.39 Å². The van der Waals surface area contributed by atoms with Crippen LogP contribution in [0.4, 0.5) is 4.39 Å². The highest BCUT2D eigenvalue weighted by Gasteiger charge is 2.20. The van der Waals surface area contributed by atoms with Gasteiger partial charge in [-0.1, -0.05) is 0 Å². The zero-order valence-electron chi connectivity index (χ0n) is 4.79. The van der Waals surface area contributed by atoms with E-state index in [1.54, 1.807) is 0 Å². The van der Waals surface area contributed by atoms with Crippen LogP contribution in [0.3, 0.4) is 0 Å². The summed E-state index contributed by atoms with van der Waals surface area (Å²) in [6, 6.07) is 0. The molecule has 0 fully saturated rings. The lowest BCUT2D eigenvalue weighted by molar-refractivity contribution is -0.126. The van der Waals surface area contributed by atoms with E-state index >= 15 is 0 Å². The molecule has 0 unspecified atom stereocenters.